The maximum Gasteiger partial charge on any atom is 0.414 e. The Balaban J connectivity index is 2.00. The van der Waals surface area contributed by atoms with Gasteiger partial charge in [-0.05, 0) is 24.8 Å². The number of rotatable bonds is 3. The van der Waals surface area contributed by atoms with E-state index in [4.69, 9.17) is 4.74 Å². The van der Waals surface area contributed by atoms with Gasteiger partial charge in [0.15, 0.2) is 0 Å². The third-order valence-corrected chi connectivity index (χ3v) is 3.86. The van der Waals surface area contributed by atoms with Gasteiger partial charge in [-0.25, -0.2) is 4.79 Å². The average molecular weight is 257 g/mol. The average Bonchev–Trinajstić information content (AvgIpc) is 2.80. The fraction of sp³-hybridized carbons (Fsp3) is 0.438. The van der Waals surface area contributed by atoms with Crippen LogP contribution in [0.4, 0.5) is 4.79 Å². The Morgan fingerprint density at radius 1 is 1.42 bits per heavy atom. The highest BCUT2D eigenvalue weighted by atomic mass is 16.6. The SMILES string of the molecule is CCCC/C=C1/c2ccccc2C[C@@H]2COC(=O)N12. The van der Waals surface area contributed by atoms with Gasteiger partial charge in [0, 0.05) is 5.56 Å². The summed E-state index contributed by atoms with van der Waals surface area (Å²) in [6.45, 7) is 2.69. The van der Waals surface area contributed by atoms with Gasteiger partial charge in [-0.15, -0.1) is 0 Å². The van der Waals surface area contributed by atoms with E-state index in [2.05, 4.69) is 31.2 Å². The van der Waals surface area contributed by atoms with E-state index < -0.39 is 0 Å². The monoisotopic (exact) mass is 257 g/mol. The zero-order chi connectivity index (χ0) is 13.2. The Bertz CT molecular complexity index is 521. The minimum Gasteiger partial charge on any atom is -0.447 e. The molecule has 1 saturated heterocycles. The molecule has 1 atom stereocenters. The van der Waals surface area contributed by atoms with Crippen LogP contribution >= 0.6 is 0 Å². The summed E-state index contributed by atoms with van der Waals surface area (Å²) >= 11 is 0. The predicted octanol–water partition coefficient (Wildman–Crippen LogP) is 3.59. The molecule has 0 radical (unpaired) electrons. The second-order valence-electron chi connectivity index (χ2n) is 5.19. The van der Waals surface area contributed by atoms with Crippen molar-refractivity contribution in [2.75, 3.05) is 6.61 Å². The quantitative estimate of drug-likeness (QED) is 0.774. The molecule has 1 aromatic rings. The number of allylic oxidation sites excluding steroid dienone is 1. The zero-order valence-corrected chi connectivity index (χ0v) is 11.3. The van der Waals surface area contributed by atoms with Crippen molar-refractivity contribution in [2.24, 2.45) is 0 Å². The highest BCUT2D eigenvalue weighted by Gasteiger charge is 2.39. The van der Waals surface area contributed by atoms with E-state index in [1.165, 1.54) is 17.5 Å². The largest absolute Gasteiger partial charge is 0.447 e. The lowest BCUT2D eigenvalue weighted by atomic mass is 9.92. The first kappa shape index (κ1) is 12.3. The number of nitrogens with zero attached hydrogens (tertiary/aromatic N) is 1. The van der Waals surface area contributed by atoms with Crippen molar-refractivity contribution < 1.29 is 9.53 Å². The number of fused-ring (bicyclic) bond motifs is 2. The third kappa shape index (κ3) is 2.14. The van der Waals surface area contributed by atoms with Crippen LogP contribution in [-0.4, -0.2) is 23.6 Å². The highest BCUT2D eigenvalue weighted by Crippen LogP contribution is 2.36. The Morgan fingerprint density at radius 3 is 3.11 bits per heavy atom. The number of unbranched alkanes of at least 4 members (excludes halogenated alkanes) is 2. The molecular formula is C16H19NO2. The Hall–Kier alpha value is -1.77. The van der Waals surface area contributed by atoms with E-state index in [0.717, 1.165) is 25.0 Å². The summed E-state index contributed by atoms with van der Waals surface area (Å²) < 4.78 is 5.21. The normalized spacial score (nSPS) is 23.2. The van der Waals surface area contributed by atoms with Gasteiger partial charge in [0.1, 0.15) is 6.61 Å². The first-order valence-corrected chi connectivity index (χ1v) is 7.05. The smallest absolute Gasteiger partial charge is 0.414 e. The molecule has 0 aromatic heterocycles. The van der Waals surface area contributed by atoms with Gasteiger partial charge in [-0.3, -0.25) is 4.90 Å². The van der Waals surface area contributed by atoms with Crippen molar-refractivity contribution in [3.8, 4) is 0 Å². The minimum atomic E-state index is -0.192. The molecule has 0 bridgehead atoms. The van der Waals surface area contributed by atoms with E-state index in [0.29, 0.717) is 6.61 Å². The zero-order valence-electron chi connectivity index (χ0n) is 11.3. The van der Waals surface area contributed by atoms with Crippen LogP contribution in [0.5, 0.6) is 0 Å². The molecule has 1 aromatic carbocycles. The van der Waals surface area contributed by atoms with Crippen LogP contribution in [0, 0.1) is 0 Å². The fourth-order valence-corrected chi connectivity index (χ4v) is 2.89. The van der Waals surface area contributed by atoms with Crippen LogP contribution in [0.25, 0.3) is 5.70 Å². The molecular weight excluding hydrogens is 238 g/mol. The molecule has 0 unspecified atom stereocenters. The van der Waals surface area contributed by atoms with Crippen molar-refractivity contribution in [2.45, 2.75) is 38.6 Å². The summed E-state index contributed by atoms with van der Waals surface area (Å²) in [5.74, 6) is 0. The number of benzene rings is 1. The number of cyclic esters (lactones) is 1. The maximum absolute atomic E-state index is 11.9. The highest BCUT2D eigenvalue weighted by molar-refractivity contribution is 5.86. The maximum atomic E-state index is 11.9. The van der Waals surface area contributed by atoms with Crippen LogP contribution in [0.3, 0.4) is 0 Å². The number of ether oxygens (including phenoxy) is 1. The van der Waals surface area contributed by atoms with Crippen LogP contribution in [-0.2, 0) is 11.2 Å². The molecule has 2 heterocycles. The van der Waals surface area contributed by atoms with Gasteiger partial charge in [-0.2, -0.15) is 0 Å². The molecule has 2 aliphatic heterocycles. The first-order chi connectivity index (χ1) is 9.31. The first-order valence-electron chi connectivity index (χ1n) is 7.05. The molecule has 0 spiro atoms. The summed E-state index contributed by atoms with van der Waals surface area (Å²) in [7, 11) is 0. The van der Waals surface area contributed by atoms with E-state index >= 15 is 0 Å². The predicted molar refractivity (Wildman–Crippen MR) is 74.6 cm³/mol. The molecule has 19 heavy (non-hydrogen) atoms. The molecule has 0 saturated carbocycles. The Labute approximate surface area is 113 Å². The van der Waals surface area contributed by atoms with Crippen molar-refractivity contribution in [3.63, 3.8) is 0 Å². The number of carbonyl (C=O) groups excluding carboxylic acids is 1. The number of hydrogen-bond acceptors (Lipinski definition) is 2. The lowest BCUT2D eigenvalue weighted by molar-refractivity contribution is 0.167. The summed E-state index contributed by atoms with van der Waals surface area (Å²) in [5.41, 5.74) is 3.56. The summed E-state index contributed by atoms with van der Waals surface area (Å²) in [4.78, 5) is 13.8. The van der Waals surface area contributed by atoms with E-state index in [-0.39, 0.29) is 12.1 Å². The van der Waals surface area contributed by atoms with Crippen molar-refractivity contribution in [3.05, 3.63) is 41.5 Å². The van der Waals surface area contributed by atoms with Crippen LogP contribution in [0.2, 0.25) is 0 Å². The molecule has 1 fully saturated rings. The number of hydrogen-bond donors (Lipinski definition) is 0. The topological polar surface area (TPSA) is 29.5 Å². The van der Waals surface area contributed by atoms with Gasteiger partial charge in [0.05, 0.1) is 11.7 Å². The second kappa shape index (κ2) is 5.08. The van der Waals surface area contributed by atoms with E-state index in [1.807, 2.05) is 11.0 Å². The third-order valence-electron chi connectivity index (χ3n) is 3.86. The standard InChI is InChI=1S/C16H19NO2/c1-2-3-4-9-15-14-8-6-5-7-12(14)10-13-11-19-16(18)17(13)15/h5-9,13H,2-4,10-11H2,1H3/b15-9-/t13-/m1/s1. The molecule has 2 aliphatic rings. The molecule has 100 valence electrons. The number of amides is 1. The van der Waals surface area contributed by atoms with E-state index in [1.54, 1.807) is 0 Å². The van der Waals surface area contributed by atoms with Gasteiger partial charge in [0.2, 0.25) is 0 Å². The summed E-state index contributed by atoms with van der Waals surface area (Å²) in [5, 5.41) is 0. The van der Waals surface area contributed by atoms with Gasteiger partial charge in [-0.1, -0.05) is 43.7 Å². The Morgan fingerprint density at radius 2 is 2.26 bits per heavy atom. The second-order valence-corrected chi connectivity index (χ2v) is 5.19. The summed E-state index contributed by atoms with van der Waals surface area (Å²) in [6.07, 6.45) is 6.23. The molecule has 3 rings (SSSR count). The van der Waals surface area contributed by atoms with Crippen molar-refractivity contribution >= 4 is 11.8 Å². The molecule has 0 aliphatic carbocycles. The Kier molecular flexibility index (Phi) is 3.28. The molecule has 0 N–H and O–H groups in total. The molecule has 1 amide bonds. The molecule has 3 heteroatoms. The van der Waals surface area contributed by atoms with Crippen LogP contribution in [0.15, 0.2) is 30.3 Å². The lowest BCUT2D eigenvalue weighted by Crippen LogP contribution is -2.37. The fourth-order valence-electron chi connectivity index (χ4n) is 2.89. The lowest BCUT2D eigenvalue weighted by Gasteiger charge is -2.31. The van der Waals surface area contributed by atoms with Gasteiger partial charge in [0.25, 0.3) is 0 Å². The number of carbonyl (C=O) groups is 1. The van der Waals surface area contributed by atoms with Crippen LogP contribution in [0.1, 0.15) is 37.3 Å². The summed E-state index contributed by atoms with van der Waals surface area (Å²) in [6, 6.07) is 8.54. The molecule has 3 nitrogen and oxygen atoms in total. The van der Waals surface area contributed by atoms with Gasteiger partial charge >= 0.3 is 6.09 Å². The van der Waals surface area contributed by atoms with Crippen molar-refractivity contribution in [1.82, 2.24) is 4.90 Å². The van der Waals surface area contributed by atoms with Crippen molar-refractivity contribution in [1.29, 1.82) is 0 Å². The van der Waals surface area contributed by atoms with Gasteiger partial charge < -0.3 is 4.74 Å². The van der Waals surface area contributed by atoms with E-state index in [9.17, 15) is 4.79 Å². The minimum absolute atomic E-state index is 0.176. The van der Waals surface area contributed by atoms with Crippen LogP contribution < -0.4 is 0 Å².